The highest BCUT2D eigenvalue weighted by molar-refractivity contribution is 5.91. The zero-order chi connectivity index (χ0) is 11.0. The molecule has 5 heteroatoms. The van der Waals surface area contributed by atoms with E-state index in [1.165, 1.54) is 0 Å². The molecule has 0 spiro atoms. The summed E-state index contributed by atoms with van der Waals surface area (Å²) in [6.45, 7) is 5.59. The molecule has 0 unspecified atom stereocenters. The lowest BCUT2D eigenvalue weighted by molar-refractivity contribution is 0.108. The molecule has 80 valence electrons. The first kappa shape index (κ1) is 10.8. The van der Waals surface area contributed by atoms with Gasteiger partial charge < -0.3 is 15.8 Å². The predicted octanol–water partition coefficient (Wildman–Crippen LogP) is 0.980. The first-order chi connectivity index (χ1) is 6.25. The molecule has 1 rings (SSSR count). The fourth-order valence-corrected chi connectivity index (χ4v) is 1.05. The van der Waals surface area contributed by atoms with Crippen LogP contribution in [-0.2, 0) is 4.74 Å². The molecule has 4 N–H and O–H groups in total. The van der Waals surface area contributed by atoms with Crippen LogP contribution in [0.2, 0.25) is 0 Å². The first-order valence-electron chi connectivity index (χ1n) is 4.61. The monoisotopic (exact) mass is 199 g/mol. The summed E-state index contributed by atoms with van der Waals surface area (Å²) in [5.41, 5.74) is 4.18. The van der Waals surface area contributed by atoms with Gasteiger partial charge in [-0.25, -0.2) is 4.79 Å². The van der Waals surface area contributed by atoms with Crippen molar-refractivity contribution in [1.82, 2.24) is 5.32 Å². The zero-order valence-corrected chi connectivity index (χ0v) is 8.81. The van der Waals surface area contributed by atoms with Gasteiger partial charge in [0.15, 0.2) is 5.60 Å². The quantitative estimate of drug-likeness (QED) is 0.457. The summed E-state index contributed by atoms with van der Waals surface area (Å²) in [4.78, 5) is 11.3. The molecule has 1 saturated carbocycles. The summed E-state index contributed by atoms with van der Waals surface area (Å²) >= 11 is 0. The topological polar surface area (TPSA) is 88.2 Å². The van der Waals surface area contributed by atoms with Gasteiger partial charge in [-0.1, -0.05) is 0 Å². The molecule has 0 heterocycles. The number of nitrogens with two attached hydrogens (primary N) is 1. The van der Waals surface area contributed by atoms with E-state index in [-0.39, 0.29) is 11.4 Å². The van der Waals surface area contributed by atoms with Crippen molar-refractivity contribution in [2.45, 2.75) is 44.8 Å². The zero-order valence-electron chi connectivity index (χ0n) is 8.81. The fourth-order valence-electron chi connectivity index (χ4n) is 1.05. The number of hydrogen-bond acceptors (Lipinski definition) is 3. The Kier molecular flexibility index (Phi) is 2.43. The Hall–Kier alpha value is -1.26. The third kappa shape index (κ3) is 2.61. The number of amidine groups is 1. The highest BCUT2D eigenvalue weighted by atomic mass is 16.6. The molecule has 0 aliphatic heterocycles. The van der Waals surface area contributed by atoms with Crippen molar-refractivity contribution >= 4 is 11.9 Å². The predicted molar refractivity (Wildman–Crippen MR) is 53.2 cm³/mol. The van der Waals surface area contributed by atoms with Crippen molar-refractivity contribution < 1.29 is 9.53 Å². The number of carbonyl (C=O) groups is 1. The second-order valence-corrected chi connectivity index (χ2v) is 4.67. The number of alkyl carbamates (subject to hydrolysis) is 1. The van der Waals surface area contributed by atoms with Crippen LogP contribution in [0.4, 0.5) is 4.79 Å². The van der Waals surface area contributed by atoms with Gasteiger partial charge in [0, 0.05) is 5.54 Å². The van der Waals surface area contributed by atoms with Crippen LogP contribution < -0.4 is 11.1 Å². The number of rotatable bonds is 2. The van der Waals surface area contributed by atoms with Gasteiger partial charge in [-0.15, -0.1) is 0 Å². The lowest BCUT2D eigenvalue weighted by atomic mass is 10.1. The van der Waals surface area contributed by atoms with Gasteiger partial charge in [0.25, 0.3) is 0 Å². The van der Waals surface area contributed by atoms with E-state index in [4.69, 9.17) is 15.9 Å². The van der Waals surface area contributed by atoms with Crippen LogP contribution in [0.1, 0.15) is 33.6 Å². The van der Waals surface area contributed by atoms with E-state index in [1.54, 1.807) is 0 Å². The van der Waals surface area contributed by atoms with Crippen molar-refractivity contribution in [3.05, 3.63) is 0 Å². The standard InChI is InChI=1S/C9H17N3O2/c1-8(2,3)12-7(13)14-9(4-5-9)6(10)11/h4-5H2,1-3H3,(H3,10,11)(H,12,13). The van der Waals surface area contributed by atoms with Crippen LogP contribution in [-0.4, -0.2) is 23.1 Å². The van der Waals surface area contributed by atoms with E-state index in [0.717, 1.165) is 0 Å². The third-order valence-electron chi connectivity index (χ3n) is 1.96. The van der Waals surface area contributed by atoms with Crippen LogP contribution in [0.25, 0.3) is 0 Å². The van der Waals surface area contributed by atoms with E-state index < -0.39 is 11.7 Å². The lowest BCUT2D eigenvalue weighted by Crippen LogP contribution is -2.45. The van der Waals surface area contributed by atoms with Crippen molar-refractivity contribution in [1.29, 1.82) is 5.41 Å². The van der Waals surface area contributed by atoms with E-state index in [9.17, 15) is 4.79 Å². The molecule has 1 aliphatic carbocycles. The normalized spacial score (nSPS) is 18.5. The lowest BCUT2D eigenvalue weighted by Gasteiger charge is -2.22. The Balaban J connectivity index is 2.46. The maximum Gasteiger partial charge on any atom is 0.408 e. The smallest absolute Gasteiger partial charge is 0.408 e. The van der Waals surface area contributed by atoms with E-state index in [0.29, 0.717) is 12.8 Å². The van der Waals surface area contributed by atoms with Crippen LogP contribution >= 0.6 is 0 Å². The number of ether oxygens (including phenoxy) is 1. The Labute approximate surface area is 83.5 Å². The summed E-state index contributed by atoms with van der Waals surface area (Å²) in [6.07, 6.45) is 0.796. The van der Waals surface area contributed by atoms with Gasteiger partial charge in [-0.3, -0.25) is 5.41 Å². The molecule has 5 nitrogen and oxygen atoms in total. The molecule has 0 aromatic heterocycles. The molecule has 1 fully saturated rings. The second kappa shape index (κ2) is 3.15. The second-order valence-electron chi connectivity index (χ2n) is 4.67. The van der Waals surface area contributed by atoms with Gasteiger partial charge in [0.2, 0.25) is 0 Å². The van der Waals surface area contributed by atoms with E-state index in [2.05, 4.69) is 5.32 Å². The molecule has 0 atom stereocenters. The Morgan fingerprint density at radius 3 is 2.29 bits per heavy atom. The van der Waals surface area contributed by atoms with Crippen LogP contribution in [0, 0.1) is 5.41 Å². The van der Waals surface area contributed by atoms with E-state index >= 15 is 0 Å². The minimum atomic E-state index is -0.810. The molecule has 1 amide bonds. The van der Waals surface area contributed by atoms with Crippen LogP contribution in [0.5, 0.6) is 0 Å². The van der Waals surface area contributed by atoms with Crippen molar-refractivity contribution in [2.75, 3.05) is 0 Å². The van der Waals surface area contributed by atoms with Crippen molar-refractivity contribution in [3.63, 3.8) is 0 Å². The highest BCUT2D eigenvalue weighted by Crippen LogP contribution is 2.39. The number of amides is 1. The number of hydrogen-bond donors (Lipinski definition) is 3. The fraction of sp³-hybridized carbons (Fsp3) is 0.778. The largest absolute Gasteiger partial charge is 0.435 e. The van der Waals surface area contributed by atoms with Gasteiger partial charge in [-0.2, -0.15) is 0 Å². The van der Waals surface area contributed by atoms with Gasteiger partial charge in [-0.05, 0) is 33.6 Å². The Morgan fingerprint density at radius 2 is 2.00 bits per heavy atom. The molecule has 1 aliphatic rings. The van der Waals surface area contributed by atoms with Gasteiger partial charge in [0.05, 0.1) is 0 Å². The summed E-state index contributed by atoms with van der Waals surface area (Å²) in [5.74, 6) is -0.0680. The molecule has 0 saturated heterocycles. The minimum absolute atomic E-state index is 0.0680. The summed E-state index contributed by atoms with van der Waals surface area (Å²) in [7, 11) is 0. The average molecular weight is 199 g/mol. The molecule has 0 radical (unpaired) electrons. The average Bonchev–Trinajstić information content (AvgIpc) is 2.63. The maximum atomic E-state index is 11.3. The molecule has 0 aromatic carbocycles. The first-order valence-corrected chi connectivity index (χ1v) is 4.61. The molecule has 14 heavy (non-hydrogen) atoms. The Bertz CT molecular complexity index is 264. The van der Waals surface area contributed by atoms with Crippen LogP contribution in [0.15, 0.2) is 0 Å². The van der Waals surface area contributed by atoms with Crippen molar-refractivity contribution in [3.8, 4) is 0 Å². The summed E-state index contributed by atoms with van der Waals surface area (Å²) in [5, 5.41) is 9.91. The SMILES string of the molecule is CC(C)(C)NC(=O)OC1(C(=N)N)CC1. The summed E-state index contributed by atoms with van der Waals surface area (Å²) < 4.78 is 5.09. The molecule has 0 bridgehead atoms. The summed E-state index contributed by atoms with van der Waals surface area (Å²) in [6, 6.07) is 0. The van der Waals surface area contributed by atoms with Crippen LogP contribution in [0.3, 0.4) is 0 Å². The van der Waals surface area contributed by atoms with Gasteiger partial charge >= 0.3 is 6.09 Å². The van der Waals surface area contributed by atoms with Gasteiger partial charge in [0.1, 0.15) is 5.84 Å². The highest BCUT2D eigenvalue weighted by Gasteiger charge is 2.50. The number of nitrogens with one attached hydrogen (secondary N) is 2. The molecule has 0 aromatic rings. The molecular weight excluding hydrogens is 182 g/mol. The maximum absolute atomic E-state index is 11.3. The third-order valence-corrected chi connectivity index (χ3v) is 1.96. The Morgan fingerprint density at radius 1 is 1.50 bits per heavy atom. The molecular formula is C9H17N3O2. The van der Waals surface area contributed by atoms with Crippen molar-refractivity contribution in [2.24, 2.45) is 5.73 Å². The minimum Gasteiger partial charge on any atom is -0.435 e. The van der Waals surface area contributed by atoms with E-state index in [1.807, 2.05) is 20.8 Å². The number of carbonyl (C=O) groups excluding carboxylic acids is 1.